The van der Waals surface area contributed by atoms with Crippen LogP contribution >= 0.6 is 11.5 Å². The Labute approximate surface area is 186 Å². The zero-order chi connectivity index (χ0) is 21.6. The Hall–Kier alpha value is -3.13. The van der Waals surface area contributed by atoms with Crippen LogP contribution in [-0.4, -0.2) is 60.6 Å². The Bertz CT molecular complexity index is 1020. The van der Waals surface area contributed by atoms with Gasteiger partial charge in [0.2, 0.25) is 5.13 Å². The number of carbonyl (C=O) groups excluding carboxylic acids is 1. The second-order valence-electron chi connectivity index (χ2n) is 7.38. The fourth-order valence-electron chi connectivity index (χ4n) is 3.64. The van der Waals surface area contributed by atoms with Crippen LogP contribution in [0.4, 0.5) is 5.13 Å². The minimum atomic E-state index is 0.0560. The summed E-state index contributed by atoms with van der Waals surface area (Å²) >= 11 is 1.42. The molecule has 0 bridgehead atoms. The highest BCUT2D eigenvalue weighted by Gasteiger charge is 2.22. The van der Waals surface area contributed by atoms with Crippen molar-refractivity contribution in [2.75, 3.05) is 45.3 Å². The van der Waals surface area contributed by atoms with E-state index in [4.69, 9.17) is 14.5 Å². The molecule has 1 aromatic heterocycles. The van der Waals surface area contributed by atoms with Gasteiger partial charge in [0.05, 0.1) is 14.2 Å². The van der Waals surface area contributed by atoms with Crippen LogP contribution in [0, 0.1) is 0 Å². The first kappa shape index (κ1) is 21.1. The molecule has 1 saturated heterocycles. The van der Waals surface area contributed by atoms with Gasteiger partial charge in [0.1, 0.15) is 17.3 Å². The second-order valence-corrected chi connectivity index (χ2v) is 8.11. The van der Waals surface area contributed by atoms with Crippen molar-refractivity contribution >= 4 is 22.6 Å². The van der Waals surface area contributed by atoms with Crippen molar-refractivity contribution in [1.82, 2.24) is 14.3 Å². The molecule has 0 aliphatic carbocycles. The van der Waals surface area contributed by atoms with Crippen molar-refractivity contribution in [2.24, 2.45) is 0 Å². The number of amides is 1. The van der Waals surface area contributed by atoms with Gasteiger partial charge in [-0.05, 0) is 48.4 Å². The van der Waals surface area contributed by atoms with Crippen molar-refractivity contribution in [2.45, 2.75) is 12.8 Å². The summed E-state index contributed by atoms with van der Waals surface area (Å²) < 4.78 is 15.0. The van der Waals surface area contributed by atoms with Gasteiger partial charge >= 0.3 is 0 Å². The second kappa shape index (κ2) is 9.78. The fourth-order valence-corrected chi connectivity index (χ4v) is 4.37. The smallest absolute Gasteiger partial charge is 0.253 e. The Morgan fingerprint density at radius 2 is 1.81 bits per heavy atom. The molecule has 7 nitrogen and oxygen atoms in total. The lowest BCUT2D eigenvalue weighted by molar-refractivity contribution is 0.0767. The van der Waals surface area contributed by atoms with Crippen LogP contribution in [0.15, 0.2) is 48.5 Å². The van der Waals surface area contributed by atoms with Crippen LogP contribution in [0.5, 0.6) is 11.5 Å². The van der Waals surface area contributed by atoms with E-state index in [1.165, 1.54) is 11.5 Å². The number of hydrogen-bond acceptors (Lipinski definition) is 7. The Morgan fingerprint density at radius 3 is 2.58 bits per heavy atom. The van der Waals surface area contributed by atoms with Crippen molar-refractivity contribution in [3.05, 3.63) is 65.5 Å². The number of rotatable bonds is 6. The molecule has 0 saturated carbocycles. The lowest BCUT2D eigenvalue weighted by Crippen LogP contribution is -2.35. The number of nitrogens with zero attached hydrogens (tertiary/aromatic N) is 4. The van der Waals surface area contributed by atoms with E-state index in [2.05, 4.69) is 15.3 Å². The molecule has 0 N–H and O–H groups in total. The minimum absolute atomic E-state index is 0.0560. The van der Waals surface area contributed by atoms with E-state index < -0.39 is 0 Å². The number of methoxy groups -OCH3 is 2. The normalized spacial score (nSPS) is 14.3. The lowest BCUT2D eigenvalue weighted by atomic mass is 10.1. The third-order valence-corrected chi connectivity index (χ3v) is 6.16. The molecule has 0 radical (unpaired) electrons. The predicted octanol–water partition coefficient (Wildman–Crippen LogP) is 3.50. The topological polar surface area (TPSA) is 67.8 Å². The summed E-state index contributed by atoms with van der Waals surface area (Å²) in [7, 11) is 3.29. The summed E-state index contributed by atoms with van der Waals surface area (Å²) in [6.07, 6.45) is 1.57. The standard InChI is InChI=1S/C23H26N4O3S/c1-29-19-9-7-18(8-10-19)22(28)26-11-4-12-27(14-13-26)23-24-21(25-31-23)16-17-5-3-6-20(15-17)30-2/h3,5-10,15H,4,11-14,16H2,1-2H3. The van der Waals surface area contributed by atoms with E-state index >= 15 is 0 Å². The van der Waals surface area contributed by atoms with E-state index in [1.54, 1.807) is 14.2 Å². The van der Waals surface area contributed by atoms with Gasteiger partial charge in [-0.25, -0.2) is 4.98 Å². The number of aromatic nitrogens is 2. The maximum atomic E-state index is 12.9. The average Bonchev–Trinajstić information content (AvgIpc) is 3.13. The summed E-state index contributed by atoms with van der Waals surface area (Å²) in [5.74, 6) is 2.45. The molecule has 2 heterocycles. The maximum Gasteiger partial charge on any atom is 0.253 e. The Balaban J connectivity index is 1.37. The monoisotopic (exact) mass is 438 g/mol. The summed E-state index contributed by atoms with van der Waals surface area (Å²) in [6.45, 7) is 3.00. The highest BCUT2D eigenvalue weighted by molar-refractivity contribution is 7.09. The van der Waals surface area contributed by atoms with Gasteiger partial charge < -0.3 is 19.3 Å². The number of hydrogen-bond donors (Lipinski definition) is 0. The van der Waals surface area contributed by atoms with E-state index in [9.17, 15) is 4.79 Å². The summed E-state index contributed by atoms with van der Waals surface area (Å²) in [4.78, 5) is 21.8. The number of carbonyl (C=O) groups is 1. The van der Waals surface area contributed by atoms with Gasteiger partial charge in [0.25, 0.3) is 5.91 Å². The first-order valence-corrected chi connectivity index (χ1v) is 11.1. The molecule has 1 aliphatic heterocycles. The molecule has 2 aromatic carbocycles. The largest absolute Gasteiger partial charge is 0.497 e. The zero-order valence-electron chi connectivity index (χ0n) is 17.8. The molecule has 31 heavy (non-hydrogen) atoms. The van der Waals surface area contributed by atoms with Crippen molar-refractivity contribution in [1.29, 1.82) is 0 Å². The molecule has 1 amide bonds. The van der Waals surface area contributed by atoms with Crippen LogP contribution in [0.25, 0.3) is 0 Å². The van der Waals surface area contributed by atoms with Crippen molar-refractivity contribution < 1.29 is 14.3 Å². The van der Waals surface area contributed by atoms with Gasteiger partial charge in [-0.2, -0.15) is 4.37 Å². The average molecular weight is 439 g/mol. The van der Waals surface area contributed by atoms with Gasteiger partial charge in [-0.15, -0.1) is 0 Å². The SMILES string of the molecule is COc1ccc(C(=O)N2CCCN(c3nc(Cc4cccc(OC)c4)ns3)CC2)cc1. The molecule has 162 valence electrons. The fraction of sp³-hybridized carbons (Fsp3) is 0.348. The van der Waals surface area contributed by atoms with Crippen LogP contribution in [0.1, 0.15) is 28.2 Å². The summed E-state index contributed by atoms with van der Waals surface area (Å²) in [6, 6.07) is 15.3. The van der Waals surface area contributed by atoms with Crippen molar-refractivity contribution in [3.63, 3.8) is 0 Å². The lowest BCUT2D eigenvalue weighted by Gasteiger charge is -2.21. The third kappa shape index (κ3) is 5.14. The molecule has 4 rings (SSSR count). The Morgan fingerprint density at radius 1 is 1.00 bits per heavy atom. The molecule has 0 spiro atoms. The highest BCUT2D eigenvalue weighted by Crippen LogP contribution is 2.22. The van der Waals surface area contributed by atoms with E-state index in [1.807, 2.05) is 47.4 Å². The molecule has 1 fully saturated rings. The molecular weight excluding hydrogens is 412 g/mol. The van der Waals surface area contributed by atoms with Crippen LogP contribution in [0.3, 0.4) is 0 Å². The minimum Gasteiger partial charge on any atom is -0.497 e. The van der Waals surface area contributed by atoms with Gasteiger partial charge in [-0.3, -0.25) is 4.79 Å². The van der Waals surface area contributed by atoms with E-state index in [-0.39, 0.29) is 5.91 Å². The number of anilines is 1. The van der Waals surface area contributed by atoms with Crippen LogP contribution < -0.4 is 14.4 Å². The number of benzene rings is 2. The molecule has 1 aliphatic rings. The third-order valence-electron chi connectivity index (χ3n) is 5.34. The summed E-state index contributed by atoms with van der Waals surface area (Å²) in [5, 5.41) is 0.914. The van der Waals surface area contributed by atoms with E-state index in [0.717, 1.165) is 54.1 Å². The van der Waals surface area contributed by atoms with Crippen LogP contribution in [-0.2, 0) is 6.42 Å². The van der Waals surface area contributed by atoms with Gasteiger partial charge in [0.15, 0.2) is 0 Å². The first-order valence-electron chi connectivity index (χ1n) is 10.3. The molecule has 0 unspecified atom stereocenters. The quantitative estimate of drug-likeness (QED) is 0.587. The Kier molecular flexibility index (Phi) is 6.66. The highest BCUT2D eigenvalue weighted by atomic mass is 32.1. The van der Waals surface area contributed by atoms with Gasteiger partial charge in [-0.1, -0.05) is 12.1 Å². The molecule has 8 heteroatoms. The van der Waals surface area contributed by atoms with Crippen molar-refractivity contribution in [3.8, 4) is 11.5 Å². The van der Waals surface area contributed by atoms with E-state index in [0.29, 0.717) is 18.5 Å². The van der Waals surface area contributed by atoms with Gasteiger partial charge in [0, 0.05) is 49.7 Å². The zero-order valence-corrected chi connectivity index (χ0v) is 18.6. The molecule has 3 aromatic rings. The molecule has 0 atom stereocenters. The predicted molar refractivity (Wildman–Crippen MR) is 121 cm³/mol. The molecular formula is C23H26N4O3S. The van der Waals surface area contributed by atoms with Crippen LogP contribution in [0.2, 0.25) is 0 Å². The first-order chi connectivity index (χ1) is 15.2. The maximum absolute atomic E-state index is 12.9. The number of ether oxygens (including phenoxy) is 2. The summed E-state index contributed by atoms with van der Waals surface area (Å²) in [5.41, 5.74) is 1.81.